The molecule has 0 saturated heterocycles. The summed E-state index contributed by atoms with van der Waals surface area (Å²) in [6, 6.07) is 0.420. The van der Waals surface area contributed by atoms with Crippen LogP contribution in [0.5, 0.6) is 0 Å². The van der Waals surface area contributed by atoms with Gasteiger partial charge in [0.25, 0.3) is 0 Å². The molecule has 3 nitrogen and oxygen atoms in total. The molecule has 4 heteroatoms. The van der Waals surface area contributed by atoms with Crippen molar-refractivity contribution in [3.63, 3.8) is 0 Å². The van der Waals surface area contributed by atoms with E-state index >= 15 is 0 Å². The first-order valence-corrected chi connectivity index (χ1v) is 5.30. The highest BCUT2D eigenvalue weighted by atomic mass is 35.5. The zero-order chi connectivity index (χ0) is 9.52. The van der Waals surface area contributed by atoms with E-state index in [2.05, 4.69) is 5.32 Å². The number of ether oxygens (including phenoxy) is 1. The number of rotatable bonds is 5. The molecule has 0 heterocycles. The molecule has 0 bridgehead atoms. The summed E-state index contributed by atoms with van der Waals surface area (Å²) in [4.78, 5) is 0. The highest BCUT2D eigenvalue weighted by Gasteiger charge is 2.20. The summed E-state index contributed by atoms with van der Waals surface area (Å²) in [5.74, 6) is 0.686. The second-order valence-corrected chi connectivity index (χ2v) is 3.91. The second-order valence-electron chi connectivity index (χ2n) is 3.91. The van der Waals surface area contributed by atoms with Crippen molar-refractivity contribution in [2.75, 3.05) is 26.8 Å². The van der Waals surface area contributed by atoms with Crippen LogP contribution in [0.25, 0.3) is 0 Å². The van der Waals surface area contributed by atoms with Crippen molar-refractivity contribution in [2.24, 2.45) is 11.7 Å². The van der Waals surface area contributed by atoms with Crippen molar-refractivity contribution in [1.29, 1.82) is 0 Å². The zero-order valence-corrected chi connectivity index (χ0v) is 9.81. The summed E-state index contributed by atoms with van der Waals surface area (Å²) in [5.41, 5.74) is 6.02. The van der Waals surface area contributed by atoms with Crippen molar-refractivity contribution in [3.05, 3.63) is 0 Å². The van der Waals surface area contributed by atoms with Gasteiger partial charge in [0.1, 0.15) is 0 Å². The van der Waals surface area contributed by atoms with E-state index in [1.165, 1.54) is 25.7 Å². The van der Waals surface area contributed by atoms with E-state index < -0.39 is 0 Å². The van der Waals surface area contributed by atoms with Crippen LogP contribution in [0.2, 0.25) is 0 Å². The molecule has 1 aliphatic carbocycles. The fourth-order valence-electron chi connectivity index (χ4n) is 1.95. The molecular formula is C10H23ClN2O. The van der Waals surface area contributed by atoms with Crippen LogP contribution in [0.4, 0.5) is 0 Å². The van der Waals surface area contributed by atoms with Crippen LogP contribution < -0.4 is 11.1 Å². The van der Waals surface area contributed by atoms with Gasteiger partial charge >= 0.3 is 0 Å². The number of halogens is 1. The average molecular weight is 223 g/mol. The summed E-state index contributed by atoms with van der Waals surface area (Å²) in [6.45, 7) is 2.80. The van der Waals surface area contributed by atoms with Crippen LogP contribution in [0.3, 0.4) is 0 Å². The molecular weight excluding hydrogens is 200 g/mol. The number of hydrogen-bond acceptors (Lipinski definition) is 3. The van der Waals surface area contributed by atoms with Crippen LogP contribution >= 0.6 is 12.4 Å². The van der Waals surface area contributed by atoms with Gasteiger partial charge in [0.15, 0.2) is 0 Å². The maximum absolute atomic E-state index is 6.02. The Morgan fingerprint density at radius 1 is 1.36 bits per heavy atom. The minimum absolute atomic E-state index is 0. The summed E-state index contributed by atoms with van der Waals surface area (Å²) >= 11 is 0. The summed E-state index contributed by atoms with van der Waals surface area (Å²) in [7, 11) is 1.73. The Kier molecular flexibility index (Phi) is 8.58. The molecule has 1 rings (SSSR count). The average Bonchev–Trinajstić information content (AvgIpc) is 2.15. The topological polar surface area (TPSA) is 47.3 Å². The smallest absolute Gasteiger partial charge is 0.0587 e. The van der Waals surface area contributed by atoms with Gasteiger partial charge in [-0.15, -0.1) is 12.4 Å². The van der Waals surface area contributed by atoms with Gasteiger partial charge < -0.3 is 15.8 Å². The summed E-state index contributed by atoms with van der Waals surface area (Å²) in [6.07, 6.45) is 5.16. The van der Waals surface area contributed by atoms with Crippen LogP contribution in [-0.2, 0) is 4.74 Å². The minimum Gasteiger partial charge on any atom is -0.383 e. The van der Waals surface area contributed by atoms with Gasteiger partial charge in [0.2, 0.25) is 0 Å². The first kappa shape index (κ1) is 14.2. The number of methoxy groups -OCH3 is 1. The van der Waals surface area contributed by atoms with Crippen molar-refractivity contribution >= 4 is 12.4 Å². The first-order valence-electron chi connectivity index (χ1n) is 5.30. The Hall–Kier alpha value is 0.170. The predicted molar refractivity (Wildman–Crippen MR) is 61.9 cm³/mol. The summed E-state index contributed by atoms with van der Waals surface area (Å²) < 4.78 is 4.96. The fourth-order valence-corrected chi connectivity index (χ4v) is 1.95. The molecule has 86 valence electrons. The van der Waals surface area contributed by atoms with Gasteiger partial charge in [-0.3, -0.25) is 0 Å². The second kappa shape index (κ2) is 8.48. The maximum Gasteiger partial charge on any atom is 0.0587 e. The molecule has 2 atom stereocenters. The van der Waals surface area contributed by atoms with E-state index in [1.54, 1.807) is 7.11 Å². The number of nitrogens with two attached hydrogens (primary N) is 1. The Labute approximate surface area is 93.2 Å². The SMILES string of the molecule is COCCNC[C@@H]1CCCC[C@@H]1N.Cl. The molecule has 0 aromatic heterocycles. The largest absolute Gasteiger partial charge is 0.383 e. The lowest BCUT2D eigenvalue weighted by Gasteiger charge is -2.28. The lowest BCUT2D eigenvalue weighted by Crippen LogP contribution is -2.40. The van der Waals surface area contributed by atoms with Crippen LogP contribution in [0.15, 0.2) is 0 Å². The highest BCUT2D eigenvalue weighted by molar-refractivity contribution is 5.85. The Balaban J connectivity index is 0.00000169. The van der Waals surface area contributed by atoms with E-state index in [1.807, 2.05) is 0 Å². The normalized spacial score (nSPS) is 27.0. The van der Waals surface area contributed by atoms with E-state index in [0.29, 0.717) is 12.0 Å². The molecule has 3 N–H and O–H groups in total. The highest BCUT2D eigenvalue weighted by Crippen LogP contribution is 2.21. The van der Waals surface area contributed by atoms with Gasteiger partial charge in [-0.1, -0.05) is 12.8 Å². The van der Waals surface area contributed by atoms with Gasteiger partial charge in [0.05, 0.1) is 6.61 Å². The van der Waals surface area contributed by atoms with E-state index in [0.717, 1.165) is 19.7 Å². The molecule has 1 fully saturated rings. The Bertz CT molecular complexity index is 135. The van der Waals surface area contributed by atoms with Crippen molar-refractivity contribution in [1.82, 2.24) is 5.32 Å². The maximum atomic E-state index is 6.02. The van der Waals surface area contributed by atoms with E-state index in [4.69, 9.17) is 10.5 Å². The van der Waals surface area contributed by atoms with Gasteiger partial charge in [-0.25, -0.2) is 0 Å². The first-order chi connectivity index (χ1) is 6.34. The monoisotopic (exact) mass is 222 g/mol. The minimum atomic E-state index is 0. The molecule has 0 aromatic rings. The molecule has 1 aliphatic rings. The quantitative estimate of drug-likeness (QED) is 0.687. The van der Waals surface area contributed by atoms with Crippen LogP contribution in [0.1, 0.15) is 25.7 Å². The molecule has 14 heavy (non-hydrogen) atoms. The molecule has 0 aromatic carbocycles. The van der Waals surface area contributed by atoms with E-state index in [-0.39, 0.29) is 12.4 Å². The molecule has 0 amide bonds. The van der Waals surface area contributed by atoms with Crippen molar-refractivity contribution in [3.8, 4) is 0 Å². The number of nitrogens with one attached hydrogen (secondary N) is 1. The fraction of sp³-hybridized carbons (Fsp3) is 1.00. The molecule has 0 unspecified atom stereocenters. The molecule has 1 saturated carbocycles. The third kappa shape index (κ3) is 5.15. The molecule has 0 spiro atoms. The molecule has 0 aliphatic heterocycles. The predicted octanol–water partition coefficient (Wildman–Crippen LogP) is 1.16. The van der Waals surface area contributed by atoms with Crippen molar-refractivity contribution < 1.29 is 4.74 Å². The third-order valence-corrected chi connectivity index (χ3v) is 2.86. The third-order valence-electron chi connectivity index (χ3n) is 2.86. The Morgan fingerprint density at radius 3 is 2.71 bits per heavy atom. The van der Waals surface area contributed by atoms with E-state index in [9.17, 15) is 0 Å². The van der Waals surface area contributed by atoms with Crippen LogP contribution in [0, 0.1) is 5.92 Å². The van der Waals surface area contributed by atoms with Crippen LogP contribution in [-0.4, -0.2) is 32.8 Å². The number of hydrogen-bond donors (Lipinski definition) is 2. The lowest BCUT2D eigenvalue weighted by atomic mass is 9.85. The van der Waals surface area contributed by atoms with Gasteiger partial charge in [0, 0.05) is 19.7 Å². The lowest BCUT2D eigenvalue weighted by molar-refractivity contribution is 0.194. The standard InChI is InChI=1S/C10H22N2O.ClH/c1-13-7-6-12-8-9-4-2-3-5-10(9)11;/h9-10,12H,2-8,11H2,1H3;1H/t9-,10-;/m0./s1. The van der Waals surface area contributed by atoms with Gasteiger partial charge in [-0.05, 0) is 25.3 Å². The Morgan fingerprint density at radius 2 is 2.07 bits per heavy atom. The summed E-state index contributed by atoms with van der Waals surface area (Å²) in [5, 5.41) is 3.38. The van der Waals surface area contributed by atoms with Gasteiger partial charge in [-0.2, -0.15) is 0 Å². The van der Waals surface area contributed by atoms with Crippen molar-refractivity contribution in [2.45, 2.75) is 31.7 Å². The zero-order valence-electron chi connectivity index (χ0n) is 9.00. The molecule has 0 radical (unpaired) electrons.